The van der Waals surface area contributed by atoms with Crippen LogP contribution >= 0.6 is 0 Å². The summed E-state index contributed by atoms with van der Waals surface area (Å²) in [6, 6.07) is 120. The molecule has 9 heterocycles. The molecule has 17 heteroatoms. The SMILES string of the molecule is C[Si](C)(C)c1cnc(-c2[c-]cc3c(c2)-c2ccccc2S3(=O)=O)c2c1CCCC2.C[Si](C)(C)c1cnc(-c2[c-]cc3c(c2)-c2ccccc2[Si]3(c2ccccc2)c2ccccc2)c2c1CCCC2.Cc1c([Si](C)(C)C)cnc(-c2[c-]cc3oc4ccccc4c3c2)c1C.[Ir].[Ir].[Ir].[c-]1ccccc1-c1ccccn1.[c-]1ccccc1-c1ccccn1.[c-]1ccccc1-c1ccccn1. The van der Waals surface area contributed by atoms with E-state index in [0.717, 1.165) is 120 Å². The summed E-state index contributed by atoms with van der Waals surface area (Å²) in [7, 11) is -10.2. The van der Waals surface area contributed by atoms with Gasteiger partial charge in [0.1, 0.15) is 13.7 Å². The second-order valence-electron chi connectivity index (χ2n) is 36.4. The van der Waals surface area contributed by atoms with Gasteiger partial charge in [0.05, 0.1) is 34.7 Å². The van der Waals surface area contributed by atoms with Crippen LogP contribution in [0.25, 0.3) is 112 Å². The molecule has 132 heavy (non-hydrogen) atoms. The molecule has 22 rings (SSSR count). The van der Waals surface area contributed by atoms with Gasteiger partial charge in [-0.15, -0.1) is 184 Å². The number of benzene rings is 11. The van der Waals surface area contributed by atoms with Crippen molar-refractivity contribution in [3.05, 3.63) is 404 Å². The summed E-state index contributed by atoms with van der Waals surface area (Å²) < 4.78 is 31.7. The van der Waals surface area contributed by atoms with Crippen LogP contribution in [0.15, 0.2) is 349 Å². The summed E-state index contributed by atoms with van der Waals surface area (Å²) in [6.07, 6.45) is 21.2. The second kappa shape index (κ2) is 42.4. The Balaban J connectivity index is 0.000000134. The zero-order valence-electron chi connectivity index (χ0n) is 76.2. The molecule has 3 radical (unpaired) electrons. The van der Waals surface area contributed by atoms with E-state index in [9.17, 15) is 8.42 Å². The molecule has 0 bridgehead atoms. The van der Waals surface area contributed by atoms with Gasteiger partial charge in [0.15, 0.2) is 9.84 Å². The molecule has 2 aliphatic carbocycles. The van der Waals surface area contributed by atoms with Gasteiger partial charge in [0.25, 0.3) is 0 Å². The third-order valence-corrected chi connectivity index (χ3v) is 37.9. The number of sulfone groups is 1. The fourth-order valence-corrected chi connectivity index (χ4v) is 30.4. The Morgan fingerprint density at radius 2 is 0.727 bits per heavy atom. The fraction of sp³-hybridized carbons (Fsp3) is 0.165. The summed E-state index contributed by atoms with van der Waals surface area (Å²) >= 11 is 0. The number of aromatic nitrogens is 6. The molecule has 0 saturated carbocycles. The summed E-state index contributed by atoms with van der Waals surface area (Å²) in [5.41, 5.74) is 26.9. The van der Waals surface area contributed by atoms with Crippen LogP contribution in [0, 0.1) is 50.2 Å². The Morgan fingerprint density at radius 1 is 0.318 bits per heavy atom. The van der Waals surface area contributed by atoms with E-state index < -0.39 is 42.1 Å². The third kappa shape index (κ3) is 20.5. The van der Waals surface area contributed by atoms with Crippen molar-refractivity contribution in [1.82, 2.24) is 29.9 Å². The average molecular weight is 2340 g/mol. The number of pyridine rings is 6. The number of rotatable bonds is 11. The van der Waals surface area contributed by atoms with Crippen LogP contribution in [-0.4, -0.2) is 70.6 Å². The van der Waals surface area contributed by atoms with E-state index in [1.54, 1.807) is 47.5 Å². The largest absolute Gasteiger partial charge is 0.500 e. The molecule has 11 aromatic carbocycles. The molecular formula is C115H104Ir3N6O3SSi4-6. The molecule has 4 aliphatic rings. The normalized spacial score (nSPS) is 13.2. The smallest absolute Gasteiger partial charge is 0.173 e. The third-order valence-electron chi connectivity index (χ3n) is 25.0. The minimum atomic E-state index is -3.45. The van der Waals surface area contributed by atoms with E-state index in [0.29, 0.717) is 9.79 Å². The fourth-order valence-electron chi connectivity index (χ4n) is 18.6. The number of fused-ring (bicyclic) bond motifs is 11. The van der Waals surface area contributed by atoms with E-state index in [-0.39, 0.29) is 60.3 Å². The number of para-hydroxylation sites is 1. The quantitative estimate of drug-likeness (QED) is 0.0919. The average Bonchev–Trinajstić information content (AvgIpc) is 1.53. The first-order valence-electron chi connectivity index (χ1n) is 44.7. The van der Waals surface area contributed by atoms with Crippen LogP contribution in [0.2, 0.25) is 58.9 Å². The molecule has 0 atom stereocenters. The van der Waals surface area contributed by atoms with Crippen LogP contribution in [0.5, 0.6) is 0 Å². The number of hydrogen-bond acceptors (Lipinski definition) is 9. The summed E-state index contributed by atoms with van der Waals surface area (Å²) in [5, 5.41) is 12.5. The monoisotopic (exact) mass is 2340 g/mol. The second-order valence-corrected chi connectivity index (χ2v) is 57.1. The van der Waals surface area contributed by atoms with E-state index in [1.165, 1.54) is 102 Å². The molecular weight excluding hydrogens is 2230 g/mol. The minimum absolute atomic E-state index is 0. The Labute approximate surface area is 823 Å². The molecule has 18 aromatic rings. The Bertz CT molecular complexity index is 6820. The van der Waals surface area contributed by atoms with Crippen molar-refractivity contribution in [2.45, 2.75) is 134 Å². The number of nitrogens with zero attached hydrogens (tertiary/aromatic N) is 6. The Kier molecular flexibility index (Phi) is 31.1. The molecule has 0 saturated heterocycles. The predicted molar refractivity (Wildman–Crippen MR) is 544 cm³/mol. The van der Waals surface area contributed by atoms with Crippen molar-refractivity contribution in [3.8, 4) is 89.8 Å². The zero-order chi connectivity index (χ0) is 89.4. The summed E-state index contributed by atoms with van der Waals surface area (Å²) in [6.45, 7) is 26.0. The van der Waals surface area contributed by atoms with E-state index in [4.69, 9.17) is 19.4 Å². The van der Waals surface area contributed by atoms with E-state index in [1.807, 2.05) is 170 Å². The van der Waals surface area contributed by atoms with Crippen LogP contribution in [0.1, 0.15) is 59.1 Å². The van der Waals surface area contributed by atoms with Gasteiger partial charge in [-0.25, -0.2) is 8.42 Å². The topological polar surface area (TPSA) is 125 Å². The molecule has 0 amide bonds. The maximum atomic E-state index is 12.9. The minimum Gasteiger partial charge on any atom is -0.500 e. The first-order chi connectivity index (χ1) is 62.5. The molecule has 0 spiro atoms. The van der Waals surface area contributed by atoms with Gasteiger partial charge in [0, 0.05) is 103 Å². The van der Waals surface area contributed by atoms with Gasteiger partial charge in [-0.2, -0.15) is 0 Å². The van der Waals surface area contributed by atoms with Gasteiger partial charge in [-0.3, -0.25) is 0 Å². The van der Waals surface area contributed by atoms with Gasteiger partial charge in [-0.05, 0) is 166 Å². The van der Waals surface area contributed by atoms with Crippen molar-refractivity contribution in [1.29, 1.82) is 0 Å². The van der Waals surface area contributed by atoms with Crippen LogP contribution in [0.4, 0.5) is 0 Å². The van der Waals surface area contributed by atoms with Gasteiger partial charge >= 0.3 is 0 Å². The standard InChI is InChI=1S/C36H34NSi2.C24H24NO2SSi.C22H22NOSi.3C11H8N.3Ir/c1-38(2,3)35-25-37-36(31-20-11-10-18-29(31)35)26-22-23-34-32(24-26)30-19-12-13-21-33(30)39(34,27-14-6-4-7-15-27)28-16-8-5-9-17-28;1-29(2,3)23-15-25-24(19-10-5-4-9-18(19)23)16-12-13-22-20(14-16)17-8-6-7-11-21(17)28(22,26)27;1-14-15(2)22(23-13-21(14)25(3,4)5)16-10-11-20-18(12-16)17-8-6-7-9-19(17)24-20;3*1-2-6-10(7-3-1)11-8-4-5-9-12-11;;;/h4-9,12-17,19,21,23-25H,10-11,18,20H2,1-3H3;6-8,11,13-15H,4-5,9-10H2,1-3H3;6-9,11-13H,1-5H3;3*1-6,8-9H;;;/q6*-1;;;. The molecule has 2 aliphatic heterocycles. The van der Waals surface area contributed by atoms with Crippen molar-refractivity contribution in [2.75, 3.05) is 0 Å². The zero-order valence-corrected chi connectivity index (χ0v) is 88.2. The molecule has 667 valence electrons. The molecule has 0 fully saturated rings. The first kappa shape index (κ1) is 96.9. The molecule has 0 unspecified atom stereocenters. The van der Waals surface area contributed by atoms with Crippen LogP contribution in [-0.2, 0) is 95.8 Å². The van der Waals surface area contributed by atoms with Gasteiger partial charge in [0.2, 0.25) is 0 Å². The number of hydrogen-bond donors (Lipinski definition) is 0. The maximum absolute atomic E-state index is 12.9. The summed E-state index contributed by atoms with van der Waals surface area (Å²) in [5.74, 6) is 0. The van der Waals surface area contributed by atoms with Crippen molar-refractivity contribution < 1.29 is 73.2 Å². The summed E-state index contributed by atoms with van der Waals surface area (Å²) in [4.78, 5) is 28.3. The van der Waals surface area contributed by atoms with Crippen molar-refractivity contribution >= 4 is 100 Å². The van der Waals surface area contributed by atoms with Crippen molar-refractivity contribution in [3.63, 3.8) is 0 Å². The maximum Gasteiger partial charge on any atom is 0.173 e. The van der Waals surface area contributed by atoms with E-state index >= 15 is 0 Å². The predicted octanol–water partition coefficient (Wildman–Crippen LogP) is 23.4. The van der Waals surface area contributed by atoms with E-state index in [2.05, 4.69) is 252 Å². The molecule has 9 nitrogen and oxygen atoms in total. The molecule has 7 aromatic heterocycles. The van der Waals surface area contributed by atoms with Crippen LogP contribution < -0.4 is 36.3 Å². The number of furan rings is 1. The molecule has 0 N–H and O–H groups in total. The Hall–Kier alpha value is -11.1. The first-order valence-corrected chi connectivity index (χ1v) is 58.7. The Morgan fingerprint density at radius 3 is 1.21 bits per heavy atom. The van der Waals surface area contributed by atoms with Gasteiger partial charge < -0.3 is 34.3 Å². The van der Waals surface area contributed by atoms with Gasteiger partial charge in [-0.1, -0.05) is 277 Å². The van der Waals surface area contributed by atoms with Crippen molar-refractivity contribution in [2.24, 2.45) is 0 Å². The van der Waals surface area contributed by atoms with Crippen LogP contribution in [0.3, 0.4) is 0 Å².